The van der Waals surface area contributed by atoms with Crippen LogP contribution in [-0.4, -0.2) is 37.4 Å². The number of carbonyl (C=O) groups excluding carboxylic acids is 2. The summed E-state index contributed by atoms with van der Waals surface area (Å²) in [4.78, 5) is 22.8. The van der Waals surface area contributed by atoms with Crippen molar-refractivity contribution in [3.63, 3.8) is 0 Å². The van der Waals surface area contributed by atoms with E-state index in [0.717, 1.165) is 12.2 Å². The third-order valence-corrected chi connectivity index (χ3v) is 4.08. The lowest BCUT2D eigenvalue weighted by atomic mass is 10.2. The van der Waals surface area contributed by atoms with Crippen LogP contribution in [0.5, 0.6) is 0 Å². The molecule has 3 rings (SSSR count). The molecule has 6 nitrogen and oxygen atoms in total. The Morgan fingerprint density at radius 3 is 2.94 bits per heavy atom. The van der Waals surface area contributed by atoms with Crippen LogP contribution in [0.1, 0.15) is 12.1 Å². The second kappa shape index (κ2) is 5.96. The zero-order chi connectivity index (χ0) is 13.0. The smallest absolute Gasteiger partial charge is 0.230 e. The molecule has 0 unspecified atom stereocenters. The van der Waals surface area contributed by atoms with Gasteiger partial charge in [0, 0.05) is 17.3 Å². The number of carbonyl (C=O) groups is 2. The lowest BCUT2D eigenvalue weighted by Gasteiger charge is -2.39. The van der Waals surface area contributed by atoms with Crippen molar-refractivity contribution in [3.05, 3.63) is 23.3 Å². The van der Waals surface area contributed by atoms with Gasteiger partial charge in [0.1, 0.15) is 0 Å². The molecule has 0 bridgehead atoms. The molecule has 0 aliphatic carbocycles. The summed E-state index contributed by atoms with van der Waals surface area (Å²) >= 11 is 3.05. The lowest BCUT2D eigenvalue weighted by Crippen LogP contribution is -2.48. The predicted octanol–water partition coefficient (Wildman–Crippen LogP) is 0.371. The quantitative estimate of drug-likeness (QED) is 0.793. The fourth-order valence-corrected chi connectivity index (χ4v) is 2.96. The Morgan fingerprint density at radius 1 is 1.61 bits per heavy atom. The van der Waals surface area contributed by atoms with Gasteiger partial charge in [0.15, 0.2) is 0 Å². The van der Waals surface area contributed by atoms with E-state index in [4.69, 9.17) is 5.73 Å². The number of amides is 2. The normalized spacial score (nSPS) is 20.6. The molecule has 2 amide bonds. The molecule has 0 saturated carbocycles. The van der Waals surface area contributed by atoms with Crippen LogP contribution in [0.4, 0.5) is 0 Å². The van der Waals surface area contributed by atoms with E-state index in [1.807, 2.05) is 24.0 Å². The Balaban J connectivity index is 0.000000134. The van der Waals surface area contributed by atoms with Gasteiger partial charge in [-0.05, 0) is 11.5 Å². The molecule has 3 heterocycles. The third kappa shape index (κ3) is 3.30. The van der Waals surface area contributed by atoms with E-state index in [9.17, 15) is 9.59 Å². The number of nitrogens with zero attached hydrogens (tertiary/aromatic N) is 3. The summed E-state index contributed by atoms with van der Waals surface area (Å²) in [6.07, 6.45) is 4.86. The van der Waals surface area contributed by atoms with Gasteiger partial charge in [-0.1, -0.05) is 10.6 Å². The third-order valence-electron chi connectivity index (χ3n) is 2.36. The maximum absolute atomic E-state index is 10.7. The van der Waals surface area contributed by atoms with E-state index in [1.54, 1.807) is 10.3 Å². The van der Waals surface area contributed by atoms with Crippen LogP contribution in [0.2, 0.25) is 0 Å². The summed E-state index contributed by atoms with van der Waals surface area (Å²) in [7, 11) is 0. The van der Waals surface area contributed by atoms with E-state index in [2.05, 4.69) is 9.59 Å². The van der Waals surface area contributed by atoms with Gasteiger partial charge >= 0.3 is 0 Å². The number of hydrogen-bond acceptors (Lipinski definition) is 6. The van der Waals surface area contributed by atoms with Crippen molar-refractivity contribution in [2.75, 3.05) is 5.75 Å². The van der Waals surface area contributed by atoms with Crippen LogP contribution in [-0.2, 0) is 16.0 Å². The SMILES string of the molecule is NC(=O)Cc1csnn1.O=C1C[C@@H]2SCC=CN12. The molecule has 8 heteroatoms. The largest absolute Gasteiger partial charge is 0.369 e. The highest BCUT2D eigenvalue weighted by molar-refractivity contribution is 8.00. The first kappa shape index (κ1) is 13.0. The minimum atomic E-state index is -0.372. The van der Waals surface area contributed by atoms with Crippen molar-refractivity contribution < 1.29 is 9.59 Å². The topological polar surface area (TPSA) is 89.2 Å². The van der Waals surface area contributed by atoms with E-state index in [-0.39, 0.29) is 18.2 Å². The highest BCUT2D eigenvalue weighted by Crippen LogP contribution is 2.32. The second-order valence-corrected chi connectivity index (χ2v) is 5.54. The molecule has 0 radical (unpaired) electrons. The van der Waals surface area contributed by atoms with Crippen molar-refractivity contribution in [2.24, 2.45) is 5.73 Å². The Hall–Kier alpha value is -1.41. The van der Waals surface area contributed by atoms with Crippen molar-refractivity contribution in [1.82, 2.24) is 14.5 Å². The summed E-state index contributed by atoms with van der Waals surface area (Å²) in [6.45, 7) is 0. The molecule has 0 aromatic carbocycles. The summed E-state index contributed by atoms with van der Waals surface area (Å²) < 4.78 is 3.56. The van der Waals surface area contributed by atoms with Gasteiger partial charge < -0.3 is 10.6 Å². The number of β-lactam (4-membered cyclic amide) rings is 1. The fourth-order valence-electron chi connectivity index (χ4n) is 1.48. The average Bonchev–Trinajstić information content (AvgIpc) is 2.80. The molecule has 1 aromatic rings. The van der Waals surface area contributed by atoms with Crippen molar-refractivity contribution in [2.45, 2.75) is 18.2 Å². The van der Waals surface area contributed by atoms with Gasteiger partial charge in [-0.25, -0.2) is 0 Å². The molecule has 1 saturated heterocycles. The maximum Gasteiger partial charge on any atom is 0.230 e. The van der Waals surface area contributed by atoms with Crippen molar-refractivity contribution in [1.29, 1.82) is 0 Å². The zero-order valence-electron chi connectivity index (χ0n) is 9.48. The number of hydrogen-bond donors (Lipinski definition) is 1. The molecule has 1 atom stereocenters. The number of primary amides is 1. The molecule has 1 fully saturated rings. The van der Waals surface area contributed by atoms with Crippen molar-refractivity contribution in [3.8, 4) is 0 Å². The number of fused-ring (bicyclic) bond motifs is 1. The minimum absolute atomic E-state index is 0.191. The Labute approximate surface area is 112 Å². The molecule has 1 aromatic heterocycles. The Kier molecular flexibility index (Phi) is 4.32. The van der Waals surface area contributed by atoms with Crippen LogP contribution in [0.25, 0.3) is 0 Å². The number of nitrogens with two attached hydrogens (primary N) is 1. The molecule has 96 valence electrons. The van der Waals surface area contributed by atoms with Crippen LogP contribution in [0, 0.1) is 0 Å². The van der Waals surface area contributed by atoms with E-state index < -0.39 is 0 Å². The Morgan fingerprint density at radius 2 is 2.44 bits per heavy atom. The standard InChI is InChI=1S/C6H7NOS.C4H5N3OS/c8-5-4-6-7(5)2-1-3-9-6;5-4(8)1-3-2-9-7-6-3/h1-2,6H,3-4H2;2H,1H2,(H2,5,8)/t6-;/m0./s1. The average molecular weight is 284 g/mol. The first-order valence-electron chi connectivity index (χ1n) is 5.30. The van der Waals surface area contributed by atoms with Gasteiger partial charge in [-0.2, -0.15) is 0 Å². The minimum Gasteiger partial charge on any atom is -0.369 e. The summed E-state index contributed by atoms with van der Waals surface area (Å²) in [5.41, 5.74) is 5.53. The zero-order valence-corrected chi connectivity index (χ0v) is 11.1. The number of thioether (sulfide) groups is 1. The van der Waals surface area contributed by atoms with Gasteiger partial charge in [-0.15, -0.1) is 16.9 Å². The van der Waals surface area contributed by atoms with Gasteiger partial charge in [0.25, 0.3) is 0 Å². The monoisotopic (exact) mass is 284 g/mol. The van der Waals surface area contributed by atoms with Crippen LogP contribution >= 0.6 is 23.3 Å². The molecule has 2 aliphatic heterocycles. The highest BCUT2D eigenvalue weighted by atomic mass is 32.2. The number of rotatable bonds is 2. The van der Waals surface area contributed by atoms with Crippen molar-refractivity contribution >= 4 is 35.1 Å². The first-order valence-corrected chi connectivity index (χ1v) is 7.19. The van der Waals surface area contributed by atoms with Crippen LogP contribution < -0.4 is 5.73 Å². The highest BCUT2D eigenvalue weighted by Gasteiger charge is 2.35. The van der Waals surface area contributed by atoms with E-state index in [1.165, 1.54) is 11.5 Å². The fraction of sp³-hybridized carbons (Fsp3) is 0.400. The molecular formula is C10H12N4O2S2. The Bertz CT molecular complexity index is 460. The molecule has 18 heavy (non-hydrogen) atoms. The van der Waals surface area contributed by atoms with Gasteiger partial charge in [0.05, 0.1) is 23.9 Å². The van der Waals surface area contributed by atoms with Crippen LogP contribution in [0.3, 0.4) is 0 Å². The molecular weight excluding hydrogens is 272 g/mol. The van der Waals surface area contributed by atoms with Crippen LogP contribution in [0.15, 0.2) is 17.7 Å². The summed E-state index contributed by atoms with van der Waals surface area (Å²) in [5.74, 6) is 0.959. The van der Waals surface area contributed by atoms with Gasteiger partial charge in [0.2, 0.25) is 11.8 Å². The number of aromatic nitrogens is 2. The maximum atomic E-state index is 10.7. The summed E-state index contributed by atoms with van der Waals surface area (Å²) in [5, 5.41) is 5.80. The van der Waals surface area contributed by atoms with E-state index in [0.29, 0.717) is 11.1 Å². The lowest BCUT2D eigenvalue weighted by molar-refractivity contribution is -0.137. The molecule has 0 spiro atoms. The van der Waals surface area contributed by atoms with Gasteiger partial charge in [-0.3, -0.25) is 9.59 Å². The second-order valence-electron chi connectivity index (χ2n) is 3.72. The molecule has 2 N–H and O–H groups in total. The first-order chi connectivity index (χ1) is 8.66. The molecule has 2 aliphatic rings. The summed E-state index contributed by atoms with van der Waals surface area (Å²) in [6, 6.07) is 0. The predicted molar refractivity (Wildman–Crippen MR) is 69.7 cm³/mol. The van der Waals surface area contributed by atoms with E-state index >= 15 is 0 Å².